The lowest BCUT2D eigenvalue weighted by Gasteiger charge is -2.18. The largest absolute Gasteiger partial charge is 0.467 e. The Morgan fingerprint density at radius 3 is 2.87 bits per heavy atom. The Morgan fingerprint density at radius 1 is 1.48 bits per heavy atom. The molecule has 0 saturated carbocycles. The van der Waals surface area contributed by atoms with Crippen LogP contribution < -0.4 is 16.2 Å². The minimum Gasteiger partial charge on any atom is -0.467 e. The molecule has 2 heterocycles. The Hall–Kier alpha value is -2.54. The maximum atomic E-state index is 12.0. The molecule has 7 heteroatoms. The Morgan fingerprint density at radius 2 is 2.22 bits per heavy atom. The number of aryl methyl sites for hydroxylation is 2. The van der Waals surface area contributed by atoms with Crippen LogP contribution in [0.2, 0.25) is 0 Å². The molecule has 0 saturated heterocycles. The molecular weight excluding hydrogens is 298 g/mol. The van der Waals surface area contributed by atoms with Crippen LogP contribution in [0.15, 0.2) is 39.9 Å². The molecular formula is C16H21N3O4. The fourth-order valence-electron chi connectivity index (χ4n) is 2.23. The molecule has 0 bridgehead atoms. The summed E-state index contributed by atoms with van der Waals surface area (Å²) >= 11 is 0. The number of anilines is 1. The second kappa shape index (κ2) is 7.15. The number of hydrogen-bond acceptors (Lipinski definition) is 4. The second-order valence-corrected chi connectivity index (χ2v) is 5.59. The lowest BCUT2D eigenvalue weighted by molar-refractivity contribution is 0.130. The van der Waals surface area contributed by atoms with Gasteiger partial charge in [-0.15, -0.1) is 0 Å². The number of hydrogen-bond donors (Lipinski definition) is 3. The van der Waals surface area contributed by atoms with Gasteiger partial charge in [0.15, 0.2) is 0 Å². The van der Waals surface area contributed by atoms with Crippen molar-refractivity contribution in [1.29, 1.82) is 0 Å². The summed E-state index contributed by atoms with van der Waals surface area (Å²) in [4.78, 5) is 23.5. The van der Waals surface area contributed by atoms with Gasteiger partial charge >= 0.3 is 6.03 Å². The number of rotatable bonds is 5. The molecule has 2 aromatic rings. The summed E-state index contributed by atoms with van der Waals surface area (Å²) in [5, 5.41) is 15.4. The minimum atomic E-state index is -0.778. The number of carbonyl (C=O) groups excluding carboxylic acids is 1. The number of amides is 2. The highest BCUT2D eigenvalue weighted by Gasteiger charge is 2.16. The van der Waals surface area contributed by atoms with Crippen molar-refractivity contribution in [2.45, 2.75) is 32.4 Å². The maximum absolute atomic E-state index is 12.0. The lowest BCUT2D eigenvalue weighted by Crippen LogP contribution is -2.37. The van der Waals surface area contributed by atoms with Crippen LogP contribution in [0.1, 0.15) is 30.8 Å². The number of carbonyl (C=O) groups is 1. The fourth-order valence-corrected chi connectivity index (χ4v) is 2.23. The van der Waals surface area contributed by atoms with E-state index < -0.39 is 12.1 Å². The Bertz CT molecular complexity index is 721. The Labute approximate surface area is 133 Å². The molecule has 2 atom stereocenters. The molecule has 3 N–H and O–H groups in total. The van der Waals surface area contributed by atoms with Gasteiger partial charge in [-0.05, 0) is 31.5 Å². The molecule has 7 nitrogen and oxygen atoms in total. The van der Waals surface area contributed by atoms with Gasteiger partial charge in [0.1, 0.15) is 11.9 Å². The standard InChI is InChI=1S/C16H21N3O4/c1-10-7-15(21)19(3)9-12(10)18-16(22)17-11(2)8-13(20)14-5-4-6-23-14/h4-7,9,11,13,20H,8H2,1-3H3,(H2,17,18,22). The number of urea groups is 1. The Balaban J connectivity index is 1.91. The number of aliphatic hydroxyl groups is 1. The molecule has 0 fully saturated rings. The van der Waals surface area contributed by atoms with Crippen molar-refractivity contribution in [3.8, 4) is 0 Å². The monoisotopic (exact) mass is 319 g/mol. The van der Waals surface area contributed by atoms with E-state index in [9.17, 15) is 14.7 Å². The second-order valence-electron chi connectivity index (χ2n) is 5.59. The summed E-state index contributed by atoms with van der Waals surface area (Å²) < 4.78 is 6.52. The van der Waals surface area contributed by atoms with Crippen LogP contribution in [0.3, 0.4) is 0 Å². The van der Waals surface area contributed by atoms with Crippen molar-refractivity contribution in [2.24, 2.45) is 7.05 Å². The van der Waals surface area contributed by atoms with Crippen molar-refractivity contribution < 1.29 is 14.3 Å². The fraction of sp³-hybridized carbons (Fsp3) is 0.375. The molecule has 0 aliphatic heterocycles. The van der Waals surface area contributed by atoms with Gasteiger partial charge in [-0.25, -0.2) is 4.79 Å². The van der Waals surface area contributed by atoms with Gasteiger partial charge in [0.2, 0.25) is 0 Å². The van der Waals surface area contributed by atoms with Gasteiger partial charge in [-0.1, -0.05) is 0 Å². The third-order valence-electron chi connectivity index (χ3n) is 3.51. The van der Waals surface area contributed by atoms with E-state index in [1.54, 1.807) is 39.2 Å². The van der Waals surface area contributed by atoms with E-state index in [1.165, 1.54) is 16.9 Å². The van der Waals surface area contributed by atoms with E-state index in [0.717, 1.165) is 0 Å². The third kappa shape index (κ3) is 4.46. The number of pyridine rings is 1. The number of aromatic nitrogens is 1. The molecule has 2 aromatic heterocycles. The first-order chi connectivity index (χ1) is 10.9. The van der Waals surface area contributed by atoms with Gasteiger partial charge < -0.3 is 24.7 Å². The number of furan rings is 1. The summed E-state index contributed by atoms with van der Waals surface area (Å²) in [6.07, 6.45) is 2.61. The normalized spacial score (nSPS) is 13.4. The summed E-state index contributed by atoms with van der Waals surface area (Å²) in [6.45, 7) is 3.54. The average molecular weight is 319 g/mol. The van der Waals surface area contributed by atoms with Crippen molar-refractivity contribution in [1.82, 2.24) is 9.88 Å². The average Bonchev–Trinajstić information content (AvgIpc) is 2.98. The first-order valence-electron chi connectivity index (χ1n) is 7.33. The first kappa shape index (κ1) is 16.8. The van der Waals surface area contributed by atoms with E-state index >= 15 is 0 Å². The molecule has 0 aromatic carbocycles. The highest BCUT2D eigenvalue weighted by atomic mass is 16.4. The molecule has 124 valence electrons. The zero-order chi connectivity index (χ0) is 17.0. The van der Waals surface area contributed by atoms with E-state index in [1.807, 2.05) is 0 Å². The van der Waals surface area contributed by atoms with Crippen LogP contribution in [-0.4, -0.2) is 21.7 Å². The highest BCUT2D eigenvalue weighted by molar-refractivity contribution is 5.90. The van der Waals surface area contributed by atoms with Gasteiger partial charge in [0.05, 0.1) is 12.0 Å². The van der Waals surface area contributed by atoms with Crippen LogP contribution in [0.4, 0.5) is 10.5 Å². The number of nitrogens with zero attached hydrogens (tertiary/aromatic N) is 1. The van der Waals surface area contributed by atoms with E-state index in [4.69, 9.17) is 4.42 Å². The smallest absolute Gasteiger partial charge is 0.319 e. The molecule has 0 aliphatic carbocycles. The SMILES string of the molecule is Cc1cc(=O)n(C)cc1NC(=O)NC(C)CC(O)c1ccco1. The van der Waals surface area contributed by atoms with Crippen molar-refractivity contribution in [3.63, 3.8) is 0 Å². The van der Waals surface area contributed by atoms with E-state index in [0.29, 0.717) is 23.4 Å². The van der Waals surface area contributed by atoms with Gasteiger partial charge in [0, 0.05) is 31.8 Å². The zero-order valence-corrected chi connectivity index (χ0v) is 13.4. The summed E-state index contributed by atoms with van der Waals surface area (Å²) in [6, 6.07) is 4.19. The zero-order valence-electron chi connectivity index (χ0n) is 13.4. The molecule has 23 heavy (non-hydrogen) atoms. The van der Waals surface area contributed by atoms with Crippen molar-refractivity contribution >= 4 is 11.7 Å². The highest BCUT2D eigenvalue weighted by Crippen LogP contribution is 2.18. The molecule has 0 radical (unpaired) electrons. The topological polar surface area (TPSA) is 96.5 Å². The summed E-state index contributed by atoms with van der Waals surface area (Å²) in [5.41, 5.74) is 1.11. The van der Waals surface area contributed by atoms with Gasteiger partial charge in [0.25, 0.3) is 5.56 Å². The van der Waals surface area contributed by atoms with Crippen LogP contribution in [-0.2, 0) is 7.05 Å². The number of aliphatic hydroxyl groups excluding tert-OH is 1. The van der Waals surface area contributed by atoms with Crippen LogP contribution in [0.5, 0.6) is 0 Å². The predicted octanol–water partition coefficient (Wildman–Crippen LogP) is 1.92. The maximum Gasteiger partial charge on any atom is 0.319 e. The molecule has 0 spiro atoms. The molecule has 2 rings (SSSR count). The number of nitrogens with one attached hydrogen (secondary N) is 2. The third-order valence-corrected chi connectivity index (χ3v) is 3.51. The minimum absolute atomic E-state index is 0.136. The van der Waals surface area contributed by atoms with Crippen LogP contribution in [0.25, 0.3) is 0 Å². The quantitative estimate of drug-likeness (QED) is 0.784. The molecule has 2 amide bonds. The Kier molecular flexibility index (Phi) is 5.23. The summed E-state index contributed by atoms with van der Waals surface area (Å²) in [7, 11) is 1.62. The van der Waals surface area contributed by atoms with E-state index in [-0.39, 0.29) is 11.6 Å². The summed E-state index contributed by atoms with van der Waals surface area (Å²) in [5.74, 6) is 0.466. The lowest BCUT2D eigenvalue weighted by atomic mass is 10.1. The predicted molar refractivity (Wildman–Crippen MR) is 86.3 cm³/mol. The molecule has 0 aliphatic rings. The molecule has 2 unspecified atom stereocenters. The van der Waals surface area contributed by atoms with Crippen molar-refractivity contribution in [3.05, 3.63) is 52.3 Å². The van der Waals surface area contributed by atoms with Gasteiger partial charge in [-0.2, -0.15) is 0 Å². The van der Waals surface area contributed by atoms with Crippen LogP contribution in [0, 0.1) is 6.92 Å². The van der Waals surface area contributed by atoms with Crippen molar-refractivity contribution in [2.75, 3.05) is 5.32 Å². The van der Waals surface area contributed by atoms with Crippen LogP contribution >= 0.6 is 0 Å². The van der Waals surface area contributed by atoms with E-state index in [2.05, 4.69) is 10.6 Å². The first-order valence-corrected chi connectivity index (χ1v) is 7.33. The van der Waals surface area contributed by atoms with Gasteiger partial charge in [-0.3, -0.25) is 4.79 Å².